The molecule has 5 heteroatoms. The van der Waals surface area contributed by atoms with Crippen LogP contribution in [0.25, 0.3) is 10.9 Å². The minimum absolute atomic E-state index is 0.135. The van der Waals surface area contributed by atoms with Gasteiger partial charge in [-0.15, -0.1) is 0 Å². The SMILES string of the molecule is CC(NC(=O)c1cc2ccccc2[nH]1)C(=O)N(C)C. The number of hydrogen-bond acceptors (Lipinski definition) is 2. The van der Waals surface area contributed by atoms with Crippen molar-refractivity contribution in [2.45, 2.75) is 13.0 Å². The van der Waals surface area contributed by atoms with Gasteiger partial charge in [-0.2, -0.15) is 0 Å². The van der Waals surface area contributed by atoms with Crippen LogP contribution < -0.4 is 5.32 Å². The van der Waals surface area contributed by atoms with Gasteiger partial charge in [0.25, 0.3) is 5.91 Å². The molecule has 0 radical (unpaired) electrons. The standard InChI is InChI=1S/C14H17N3O2/c1-9(14(19)17(2)3)15-13(18)12-8-10-6-4-5-7-11(10)16-12/h4-9,16H,1-3H3,(H,15,18). The Morgan fingerprint density at radius 2 is 1.95 bits per heavy atom. The molecule has 0 fully saturated rings. The normalized spacial score (nSPS) is 12.2. The average Bonchev–Trinajstić information content (AvgIpc) is 2.81. The molecule has 1 heterocycles. The number of likely N-dealkylation sites (N-methyl/N-ethyl adjacent to an activating group) is 1. The molecule has 2 N–H and O–H groups in total. The molecule has 19 heavy (non-hydrogen) atoms. The molecular weight excluding hydrogens is 242 g/mol. The zero-order valence-electron chi connectivity index (χ0n) is 11.2. The smallest absolute Gasteiger partial charge is 0.268 e. The molecule has 2 amide bonds. The van der Waals surface area contributed by atoms with E-state index >= 15 is 0 Å². The Balaban J connectivity index is 2.13. The number of carbonyl (C=O) groups excluding carboxylic acids is 2. The van der Waals surface area contributed by atoms with Crippen molar-refractivity contribution in [1.29, 1.82) is 0 Å². The maximum Gasteiger partial charge on any atom is 0.268 e. The number of para-hydroxylation sites is 1. The van der Waals surface area contributed by atoms with Crippen LogP contribution >= 0.6 is 0 Å². The van der Waals surface area contributed by atoms with E-state index in [0.717, 1.165) is 10.9 Å². The van der Waals surface area contributed by atoms with Crippen LogP contribution in [-0.2, 0) is 4.79 Å². The summed E-state index contributed by atoms with van der Waals surface area (Å²) < 4.78 is 0. The second-order valence-corrected chi connectivity index (χ2v) is 4.70. The molecular formula is C14H17N3O2. The van der Waals surface area contributed by atoms with Crippen LogP contribution in [0, 0.1) is 0 Å². The molecule has 1 atom stereocenters. The van der Waals surface area contributed by atoms with E-state index in [-0.39, 0.29) is 11.8 Å². The van der Waals surface area contributed by atoms with Crippen molar-refractivity contribution in [2.75, 3.05) is 14.1 Å². The predicted molar refractivity (Wildman–Crippen MR) is 73.9 cm³/mol. The molecule has 0 saturated carbocycles. The van der Waals surface area contributed by atoms with Gasteiger partial charge in [-0.1, -0.05) is 18.2 Å². The number of amides is 2. The highest BCUT2D eigenvalue weighted by Crippen LogP contribution is 2.14. The number of aromatic nitrogens is 1. The first-order valence-corrected chi connectivity index (χ1v) is 6.09. The molecule has 1 unspecified atom stereocenters. The lowest BCUT2D eigenvalue weighted by atomic mass is 10.2. The van der Waals surface area contributed by atoms with Gasteiger partial charge in [0.2, 0.25) is 5.91 Å². The topological polar surface area (TPSA) is 65.2 Å². The average molecular weight is 259 g/mol. The Kier molecular flexibility index (Phi) is 3.55. The Morgan fingerprint density at radius 3 is 2.58 bits per heavy atom. The number of H-pyrrole nitrogens is 1. The Labute approximate surface area is 111 Å². The van der Waals surface area contributed by atoms with Gasteiger partial charge in [-0.05, 0) is 19.1 Å². The summed E-state index contributed by atoms with van der Waals surface area (Å²) in [6, 6.07) is 8.87. The van der Waals surface area contributed by atoms with E-state index in [9.17, 15) is 9.59 Å². The molecule has 0 aliphatic carbocycles. The summed E-state index contributed by atoms with van der Waals surface area (Å²) in [6.07, 6.45) is 0. The molecule has 5 nitrogen and oxygen atoms in total. The van der Waals surface area contributed by atoms with Gasteiger partial charge in [0.05, 0.1) is 0 Å². The van der Waals surface area contributed by atoms with Crippen molar-refractivity contribution >= 4 is 22.7 Å². The van der Waals surface area contributed by atoms with Crippen LogP contribution in [0.15, 0.2) is 30.3 Å². The number of benzene rings is 1. The predicted octanol–water partition coefficient (Wildman–Crippen LogP) is 1.37. The fraction of sp³-hybridized carbons (Fsp3) is 0.286. The van der Waals surface area contributed by atoms with E-state index in [1.54, 1.807) is 27.1 Å². The maximum absolute atomic E-state index is 12.0. The van der Waals surface area contributed by atoms with Crippen molar-refractivity contribution in [3.05, 3.63) is 36.0 Å². The number of nitrogens with zero attached hydrogens (tertiary/aromatic N) is 1. The lowest BCUT2D eigenvalue weighted by Crippen LogP contribution is -2.44. The van der Waals surface area contributed by atoms with Crippen LogP contribution in [0.4, 0.5) is 0 Å². The van der Waals surface area contributed by atoms with E-state index in [0.29, 0.717) is 5.69 Å². The lowest BCUT2D eigenvalue weighted by molar-refractivity contribution is -0.130. The number of rotatable bonds is 3. The number of nitrogens with one attached hydrogen (secondary N) is 2. The highest BCUT2D eigenvalue weighted by Gasteiger charge is 2.18. The van der Waals surface area contributed by atoms with Crippen molar-refractivity contribution < 1.29 is 9.59 Å². The molecule has 0 spiro atoms. The molecule has 0 saturated heterocycles. The molecule has 100 valence electrons. The second kappa shape index (κ2) is 5.14. The molecule has 0 bridgehead atoms. The van der Waals surface area contributed by atoms with Gasteiger partial charge in [-0.25, -0.2) is 0 Å². The van der Waals surface area contributed by atoms with Crippen LogP contribution in [-0.4, -0.2) is 41.8 Å². The largest absolute Gasteiger partial charge is 0.351 e. The van der Waals surface area contributed by atoms with E-state index < -0.39 is 6.04 Å². The van der Waals surface area contributed by atoms with Gasteiger partial charge < -0.3 is 15.2 Å². The van der Waals surface area contributed by atoms with E-state index in [2.05, 4.69) is 10.3 Å². The Morgan fingerprint density at radius 1 is 1.26 bits per heavy atom. The molecule has 2 aromatic rings. The summed E-state index contributed by atoms with van der Waals surface area (Å²) in [4.78, 5) is 28.2. The van der Waals surface area contributed by atoms with Crippen LogP contribution in [0.5, 0.6) is 0 Å². The summed E-state index contributed by atoms with van der Waals surface area (Å²) in [7, 11) is 3.32. The summed E-state index contributed by atoms with van der Waals surface area (Å²) >= 11 is 0. The van der Waals surface area contributed by atoms with Crippen molar-refractivity contribution in [1.82, 2.24) is 15.2 Å². The molecule has 2 rings (SSSR count). The third kappa shape index (κ3) is 2.76. The van der Waals surface area contributed by atoms with Crippen molar-refractivity contribution in [3.8, 4) is 0 Å². The highest BCUT2D eigenvalue weighted by molar-refractivity contribution is 6.00. The van der Waals surface area contributed by atoms with E-state index in [4.69, 9.17) is 0 Å². The van der Waals surface area contributed by atoms with Crippen molar-refractivity contribution in [2.24, 2.45) is 0 Å². The molecule has 0 aliphatic rings. The quantitative estimate of drug-likeness (QED) is 0.874. The van der Waals surface area contributed by atoms with E-state index in [1.165, 1.54) is 4.90 Å². The highest BCUT2D eigenvalue weighted by atomic mass is 16.2. The summed E-state index contributed by atoms with van der Waals surface area (Å²) in [5.74, 6) is -0.414. The zero-order chi connectivity index (χ0) is 14.0. The Hall–Kier alpha value is -2.30. The third-order valence-electron chi connectivity index (χ3n) is 2.93. The van der Waals surface area contributed by atoms with Gasteiger partial charge in [0, 0.05) is 25.0 Å². The molecule has 1 aromatic carbocycles. The van der Waals surface area contributed by atoms with E-state index in [1.807, 2.05) is 24.3 Å². The summed E-state index contributed by atoms with van der Waals surface area (Å²) in [5.41, 5.74) is 1.36. The first-order chi connectivity index (χ1) is 8.99. The van der Waals surface area contributed by atoms with Crippen LogP contribution in [0.3, 0.4) is 0 Å². The first-order valence-electron chi connectivity index (χ1n) is 6.09. The van der Waals surface area contributed by atoms with Crippen LogP contribution in [0.2, 0.25) is 0 Å². The minimum Gasteiger partial charge on any atom is -0.351 e. The number of carbonyl (C=O) groups is 2. The van der Waals surface area contributed by atoms with Gasteiger partial charge in [-0.3, -0.25) is 9.59 Å². The second-order valence-electron chi connectivity index (χ2n) is 4.70. The summed E-state index contributed by atoms with van der Waals surface area (Å²) in [5, 5.41) is 3.65. The van der Waals surface area contributed by atoms with Crippen molar-refractivity contribution in [3.63, 3.8) is 0 Å². The lowest BCUT2D eigenvalue weighted by Gasteiger charge is -2.17. The Bertz CT molecular complexity index is 583. The van der Waals surface area contributed by atoms with Gasteiger partial charge in [0.1, 0.15) is 11.7 Å². The fourth-order valence-electron chi connectivity index (χ4n) is 1.92. The van der Waals surface area contributed by atoms with Crippen LogP contribution in [0.1, 0.15) is 17.4 Å². The monoisotopic (exact) mass is 259 g/mol. The molecule has 1 aromatic heterocycles. The maximum atomic E-state index is 12.0. The summed E-state index contributed by atoms with van der Waals surface area (Å²) in [6.45, 7) is 1.67. The van der Waals surface area contributed by atoms with Gasteiger partial charge >= 0.3 is 0 Å². The minimum atomic E-state index is -0.547. The zero-order valence-corrected chi connectivity index (χ0v) is 11.2. The first kappa shape index (κ1) is 13.1. The van der Waals surface area contributed by atoms with Gasteiger partial charge in [0.15, 0.2) is 0 Å². The number of aromatic amines is 1. The molecule has 0 aliphatic heterocycles. The fourth-order valence-corrected chi connectivity index (χ4v) is 1.92. The third-order valence-corrected chi connectivity index (χ3v) is 2.93. The number of fused-ring (bicyclic) bond motifs is 1. The number of hydrogen-bond donors (Lipinski definition) is 2.